The zero-order valence-corrected chi connectivity index (χ0v) is 10.8. The molecule has 0 saturated heterocycles. The Morgan fingerprint density at radius 2 is 2.05 bits per heavy atom. The summed E-state index contributed by atoms with van der Waals surface area (Å²) in [6.45, 7) is 4.61. The van der Waals surface area contributed by atoms with Gasteiger partial charge in [0, 0.05) is 18.3 Å². The van der Waals surface area contributed by atoms with E-state index >= 15 is 0 Å². The minimum Gasteiger partial charge on any atom is -0.439 e. The molecule has 5 nitrogen and oxygen atoms in total. The molecule has 19 heavy (non-hydrogen) atoms. The van der Waals surface area contributed by atoms with Crippen molar-refractivity contribution in [3.63, 3.8) is 0 Å². The molecule has 96 valence electrons. The third-order valence-corrected chi connectivity index (χ3v) is 2.46. The molecule has 0 spiro atoms. The summed E-state index contributed by atoms with van der Waals surface area (Å²) >= 11 is 0. The first-order chi connectivity index (χ1) is 9.22. The van der Waals surface area contributed by atoms with E-state index < -0.39 is 0 Å². The number of aromatic nitrogens is 2. The molecule has 0 bridgehead atoms. The Kier molecular flexibility index (Phi) is 3.94. The molecule has 0 saturated carbocycles. The van der Waals surface area contributed by atoms with Crippen molar-refractivity contribution in [2.75, 3.05) is 11.9 Å². The summed E-state index contributed by atoms with van der Waals surface area (Å²) in [6, 6.07) is 8.96. The predicted octanol–water partition coefficient (Wildman–Crippen LogP) is 2.88. The van der Waals surface area contributed by atoms with Gasteiger partial charge in [-0.05, 0) is 38.1 Å². The fourth-order valence-corrected chi connectivity index (χ4v) is 1.48. The number of hydrogen-bond acceptors (Lipinski definition) is 5. The summed E-state index contributed by atoms with van der Waals surface area (Å²) in [4.78, 5) is 8.44. The van der Waals surface area contributed by atoms with Crippen LogP contribution in [0.15, 0.2) is 30.5 Å². The zero-order valence-electron chi connectivity index (χ0n) is 10.8. The standard InChI is InChI=1S/C14H14N4O/c1-3-16-14-17-9-10(2)13(18-14)19-12-6-4-11(8-15)5-7-12/h4-7,9H,3H2,1-2H3,(H,16,17,18). The third kappa shape index (κ3) is 3.19. The van der Waals surface area contributed by atoms with E-state index in [1.54, 1.807) is 30.5 Å². The highest BCUT2D eigenvalue weighted by molar-refractivity contribution is 5.39. The monoisotopic (exact) mass is 254 g/mol. The molecule has 0 atom stereocenters. The van der Waals surface area contributed by atoms with Gasteiger partial charge in [0.2, 0.25) is 11.8 Å². The lowest BCUT2D eigenvalue weighted by atomic mass is 10.2. The maximum absolute atomic E-state index is 8.74. The number of nitrogens with zero attached hydrogens (tertiary/aromatic N) is 3. The van der Waals surface area contributed by atoms with Crippen molar-refractivity contribution < 1.29 is 4.74 Å². The number of aryl methyl sites for hydroxylation is 1. The number of hydrogen-bond donors (Lipinski definition) is 1. The SMILES string of the molecule is CCNc1ncc(C)c(Oc2ccc(C#N)cc2)n1. The number of rotatable bonds is 4. The van der Waals surface area contributed by atoms with Gasteiger partial charge in [0.15, 0.2) is 0 Å². The largest absolute Gasteiger partial charge is 0.439 e. The van der Waals surface area contributed by atoms with Crippen molar-refractivity contribution in [1.82, 2.24) is 9.97 Å². The predicted molar refractivity (Wildman–Crippen MR) is 72.2 cm³/mol. The minimum atomic E-state index is 0.510. The number of nitrogens with one attached hydrogen (secondary N) is 1. The van der Waals surface area contributed by atoms with Crippen LogP contribution in [0.5, 0.6) is 11.6 Å². The van der Waals surface area contributed by atoms with Gasteiger partial charge in [0.05, 0.1) is 11.6 Å². The molecule has 0 unspecified atom stereocenters. The van der Waals surface area contributed by atoms with E-state index in [-0.39, 0.29) is 0 Å². The Morgan fingerprint density at radius 1 is 1.32 bits per heavy atom. The summed E-state index contributed by atoms with van der Waals surface area (Å²) in [6.07, 6.45) is 1.71. The summed E-state index contributed by atoms with van der Waals surface area (Å²) in [5.74, 6) is 1.69. The zero-order chi connectivity index (χ0) is 13.7. The quantitative estimate of drug-likeness (QED) is 0.908. The first-order valence-corrected chi connectivity index (χ1v) is 5.98. The fraction of sp³-hybridized carbons (Fsp3) is 0.214. The first kappa shape index (κ1) is 12.8. The summed E-state index contributed by atoms with van der Waals surface area (Å²) < 4.78 is 5.70. The lowest BCUT2D eigenvalue weighted by molar-refractivity contribution is 0.458. The van der Waals surface area contributed by atoms with Crippen LogP contribution in [0.1, 0.15) is 18.1 Å². The van der Waals surface area contributed by atoms with Crippen molar-refractivity contribution in [3.05, 3.63) is 41.6 Å². The van der Waals surface area contributed by atoms with Gasteiger partial charge >= 0.3 is 0 Å². The molecule has 0 aliphatic rings. The van der Waals surface area contributed by atoms with E-state index in [4.69, 9.17) is 10.00 Å². The number of nitriles is 1. The van der Waals surface area contributed by atoms with E-state index in [1.165, 1.54) is 0 Å². The van der Waals surface area contributed by atoms with Crippen LogP contribution in [0, 0.1) is 18.3 Å². The molecule has 0 fully saturated rings. The highest BCUT2D eigenvalue weighted by atomic mass is 16.5. The molecule has 1 aromatic heterocycles. The third-order valence-electron chi connectivity index (χ3n) is 2.46. The molecule has 1 heterocycles. The van der Waals surface area contributed by atoms with Crippen LogP contribution in [-0.2, 0) is 0 Å². The molecule has 0 radical (unpaired) electrons. The second-order valence-corrected chi connectivity index (χ2v) is 3.95. The minimum absolute atomic E-state index is 0.510. The highest BCUT2D eigenvalue weighted by Crippen LogP contribution is 2.23. The maximum atomic E-state index is 8.74. The number of ether oxygens (including phenoxy) is 1. The normalized spacial score (nSPS) is 9.74. The van der Waals surface area contributed by atoms with Gasteiger partial charge in [-0.25, -0.2) is 4.98 Å². The van der Waals surface area contributed by atoms with Gasteiger partial charge < -0.3 is 10.1 Å². The van der Waals surface area contributed by atoms with Crippen molar-refractivity contribution in [1.29, 1.82) is 5.26 Å². The van der Waals surface area contributed by atoms with Crippen LogP contribution in [0.4, 0.5) is 5.95 Å². The number of anilines is 1. The van der Waals surface area contributed by atoms with E-state index in [0.717, 1.165) is 12.1 Å². The van der Waals surface area contributed by atoms with E-state index in [9.17, 15) is 0 Å². The average molecular weight is 254 g/mol. The molecule has 0 amide bonds. The van der Waals surface area contributed by atoms with Crippen molar-refractivity contribution in [2.24, 2.45) is 0 Å². The molecular formula is C14H14N4O. The van der Waals surface area contributed by atoms with Gasteiger partial charge in [-0.3, -0.25) is 0 Å². The lowest BCUT2D eigenvalue weighted by Gasteiger charge is -2.09. The molecular weight excluding hydrogens is 240 g/mol. The second kappa shape index (κ2) is 5.83. The van der Waals surface area contributed by atoms with Gasteiger partial charge in [-0.2, -0.15) is 10.2 Å². The smallest absolute Gasteiger partial charge is 0.226 e. The summed E-state index contributed by atoms with van der Waals surface area (Å²) in [5.41, 5.74) is 1.45. The van der Waals surface area contributed by atoms with Crippen molar-refractivity contribution in [3.8, 4) is 17.7 Å². The second-order valence-electron chi connectivity index (χ2n) is 3.95. The highest BCUT2D eigenvalue weighted by Gasteiger charge is 2.06. The average Bonchev–Trinajstić information content (AvgIpc) is 2.44. The van der Waals surface area contributed by atoms with Gasteiger partial charge in [-0.15, -0.1) is 0 Å². The van der Waals surface area contributed by atoms with Gasteiger partial charge in [0.25, 0.3) is 0 Å². The van der Waals surface area contributed by atoms with Crippen molar-refractivity contribution >= 4 is 5.95 Å². The lowest BCUT2D eigenvalue weighted by Crippen LogP contribution is -2.03. The summed E-state index contributed by atoms with van der Waals surface area (Å²) in [5, 5.41) is 11.8. The maximum Gasteiger partial charge on any atom is 0.226 e. The Morgan fingerprint density at radius 3 is 2.68 bits per heavy atom. The Hall–Kier alpha value is -2.61. The molecule has 2 rings (SSSR count). The van der Waals surface area contributed by atoms with Crippen LogP contribution in [0.3, 0.4) is 0 Å². The van der Waals surface area contributed by atoms with E-state index in [1.807, 2.05) is 13.8 Å². The Balaban J connectivity index is 2.21. The summed E-state index contributed by atoms with van der Waals surface area (Å²) in [7, 11) is 0. The first-order valence-electron chi connectivity index (χ1n) is 5.98. The molecule has 0 aliphatic heterocycles. The molecule has 0 aliphatic carbocycles. The number of benzene rings is 1. The van der Waals surface area contributed by atoms with Crippen LogP contribution in [0.2, 0.25) is 0 Å². The topological polar surface area (TPSA) is 70.8 Å². The molecule has 1 N–H and O–H groups in total. The van der Waals surface area contributed by atoms with Crippen molar-refractivity contribution in [2.45, 2.75) is 13.8 Å². The van der Waals surface area contributed by atoms with Crippen LogP contribution in [0.25, 0.3) is 0 Å². The van der Waals surface area contributed by atoms with E-state index in [2.05, 4.69) is 21.4 Å². The molecule has 2 aromatic rings. The Labute approximate surface area is 111 Å². The molecule has 5 heteroatoms. The molecule has 1 aromatic carbocycles. The van der Waals surface area contributed by atoms with E-state index in [0.29, 0.717) is 23.1 Å². The Bertz CT molecular complexity index is 602. The van der Waals surface area contributed by atoms with Gasteiger partial charge in [-0.1, -0.05) is 0 Å². The fourth-order valence-electron chi connectivity index (χ4n) is 1.48. The van der Waals surface area contributed by atoms with Gasteiger partial charge in [0.1, 0.15) is 5.75 Å². The van der Waals surface area contributed by atoms with Crippen LogP contribution in [-0.4, -0.2) is 16.5 Å². The van der Waals surface area contributed by atoms with Crippen LogP contribution >= 0.6 is 0 Å². The van der Waals surface area contributed by atoms with Crippen LogP contribution < -0.4 is 10.1 Å².